The zero-order valence-electron chi connectivity index (χ0n) is 17.4. The lowest BCUT2D eigenvalue weighted by Crippen LogP contribution is -2.27. The Morgan fingerprint density at radius 1 is 0.968 bits per heavy atom. The SMILES string of the molecule is Cc1cc(-c2ccccc2)nc2cc(-c3ncn4ccnc(NC5CCC5)c34)ccc12. The number of pyridine rings is 1. The van der Waals surface area contributed by atoms with E-state index in [0.717, 1.165) is 44.8 Å². The average molecular weight is 406 g/mol. The van der Waals surface area contributed by atoms with Crippen molar-refractivity contribution >= 4 is 22.2 Å². The Morgan fingerprint density at radius 2 is 1.84 bits per heavy atom. The zero-order chi connectivity index (χ0) is 20.8. The van der Waals surface area contributed by atoms with Gasteiger partial charge < -0.3 is 9.72 Å². The molecule has 6 rings (SSSR count). The van der Waals surface area contributed by atoms with Crippen molar-refractivity contribution in [3.8, 4) is 22.5 Å². The third kappa shape index (κ3) is 3.13. The van der Waals surface area contributed by atoms with Crippen molar-refractivity contribution in [3.63, 3.8) is 0 Å². The van der Waals surface area contributed by atoms with Gasteiger partial charge in [0.25, 0.3) is 0 Å². The summed E-state index contributed by atoms with van der Waals surface area (Å²) in [7, 11) is 0. The number of nitrogens with zero attached hydrogens (tertiary/aromatic N) is 4. The highest BCUT2D eigenvalue weighted by atomic mass is 15.1. The largest absolute Gasteiger partial charge is 0.366 e. The van der Waals surface area contributed by atoms with Crippen molar-refractivity contribution < 1.29 is 0 Å². The van der Waals surface area contributed by atoms with E-state index in [9.17, 15) is 0 Å². The lowest BCUT2D eigenvalue weighted by molar-refractivity contribution is 0.444. The molecule has 3 heterocycles. The van der Waals surface area contributed by atoms with Crippen molar-refractivity contribution in [3.05, 3.63) is 78.9 Å². The number of benzene rings is 2. The van der Waals surface area contributed by atoms with Crippen molar-refractivity contribution in [2.75, 3.05) is 5.32 Å². The Bertz CT molecular complexity index is 1400. The topological polar surface area (TPSA) is 55.1 Å². The summed E-state index contributed by atoms with van der Waals surface area (Å²) in [5.41, 5.74) is 7.32. The Kier molecular flexibility index (Phi) is 4.20. The van der Waals surface area contributed by atoms with Crippen LogP contribution in [0.15, 0.2) is 73.3 Å². The number of imidazole rings is 1. The molecule has 5 heteroatoms. The van der Waals surface area contributed by atoms with Gasteiger partial charge in [0.2, 0.25) is 0 Å². The molecule has 0 unspecified atom stereocenters. The van der Waals surface area contributed by atoms with Crippen LogP contribution < -0.4 is 5.32 Å². The molecule has 0 amide bonds. The number of hydrogen-bond acceptors (Lipinski definition) is 4. The van der Waals surface area contributed by atoms with Gasteiger partial charge >= 0.3 is 0 Å². The van der Waals surface area contributed by atoms with Gasteiger partial charge in [0.05, 0.1) is 16.9 Å². The molecule has 1 N–H and O–H groups in total. The summed E-state index contributed by atoms with van der Waals surface area (Å²) in [6.45, 7) is 2.15. The molecule has 1 fully saturated rings. The highest BCUT2D eigenvalue weighted by Crippen LogP contribution is 2.33. The fraction of sp³-hybridized carbons (Fsp3) is 0.192. The molecule has 31 heavy (non-hydrogen) atoms. The van der Waals surface area contributed by atoms with Crippen LogP contribution in [0.4, 0.5) is 5.82 Å². The highest BCUT2D eigenvalue weighted by molar-refractivity contribution is 5.92. The van der Waals surface area contributed by atoms with Crippen LogP contribution in [0.1, 0.15) is 24.8 Å². The molecule has 0 bridgehead atoms. The minimum absolute atomic E-state index is 0.510. The summed E-state index contributed by atoms with van der Waals surface area (Å²) in [6.07, 6.45) is 9.33. The molecule has 152 valence electrons. The van der Waals surface area contributed by atoms with E-state index in [1.165, 1.54) is 24.8 Å². The number of nitrogens with one attached hydrogen (secondary N) is 1. The van der Waals surface area contributed by atoms with Crippen molar-refractivity contribution in [1.29, 1.82) is 0 Å². The van der Waals surface area contributed by atoms with E-state index in [2.05, 4.69) is 53.6 Å². The molecule has 3 aromatic heterocycles. The van der Waals surface area contributed by atoms with Gasteiger partial charge in [0.15, 0.2) is 5.82 Å². The lowest BCUT2D eigenvalue weighted by atomic mass is 9.93. The first-order valence-corrected chi connectivity index (χ1v) is 10.8. The third-order valence-electron chi connectivity index (χ3n) is 6.25. The standard InChI is InChI=1S/C26H23N5/c1-17-14-22(18-6-3-2-4-7-18)30-23-15-19(10-11-21(17)23)24-25-26(29-20-8-5-9-20)27-12-13-31(25)16-28-24/h2-4,6-7,10-16,20H,5,8-9H2,1H3,(H,27,29). The number of hydrogen-bond donors (Lipinski definition) is 1. The van der Waals surface area contributed by atoms with Gasteiger partial charge in [-0.2, -0.15) is 0 Å². The lowest BCUT2D eigenvalue weighted by Gasteiger charge is -2.27. The molecular weight excluding hydrogens is 382 g/mol. The molecule has 2 aromatic carbocycles. The first kappa shape index (κ1) is 18.1. The number of aryl methyl sites for hydroxylation is 1. The van der Waals surface area contributed by atoms with Crippen LogP contribution in [0, 0.1) is 6.92 Å². The Labute approximate surface area is 180 Å². The molecule has 1 aliphatic carbocycles. The minimum atomic E-state index is 0.510. The average Bonchev–Trinajstić information content (AvgIpc) is 3.21. The fourth-order valence-corrected chi connectivity index (χ4v) is 4.32. The maximum Gasteiger partial charge on any atom is 0.152 e. The van der Waals surface area contributed by atoms with Gasteiger partial charge in [-0.3, -0.25) is 0 Å². The summed E-state index contributed by atoms with van der Waals surface area (Å²) in [5, 5.41) is 4.77. The summed E-state index contributed by atoms with van der Waals surface area (Å²) in [4.78, 5) is 14.4. The predicted octanol–water partition coefficient (Wildman–Crippen LogP) is 5.88. The van der Waals surface area contributed by atoms with Gasteiger partial charge in [-0.05, 0) is 43.9 Å². The van der Waals surface area contributed by atoms with Crippen LogP contribution in [0.3, 0.4) is 0 Å². The van der Waals surface area contributed by atoms with E-state index >= 15 is 0 Å². The number of rotatable bonds is 4. The van der Waals surface area contributed by atoms with Crippen molar-refractivity contribution in [2.24, 2.45) is 0 Å². The van der Waals surface area contributed by atoms with E-state index in [-0.39, 0.29) is 0 Å². The van der Waals surface area contributed by atoms with Crippen LogP contribution in [-0.4, -0.2) is 25.4 Å². The van der Waals surface area contributed by atoms with E-state index in [0.29, 0.717) is 6.04 Å². The molecule has 0 radical (unpaired) electrons. The number of aromatic nitrogens is 4. The molecule has 1 aliphatic rings. The summed E-state index contributed by atoms with van der Waals surface area (Å²) in [6, 6.07) is 19.4. The molecule has 0 aliphatic heterocycles. The second-order valence-corrected chi connectivity index (χ2v) is 8.32. The molecule has 1 saturated carbocycles. The molecule has 0 saturated heterocycles. The monoisotopic (exact) mass is 405 g/mol. The van der Waals surface area contributed by atoms with Gasteiger partial charge in [-0.25, -0.2) is 15.0 Å². The third-order valence-corrected chi connectivity index (χ3v) is 6.25. The van der Waals surface area contributed by atoms with E-state index < -0.39 is 0 Å². The van der Waals surface area contributed by atoms with Crippen LogP contribution in [0.5, 0.6) is 0 Å². The predicted molar refractivity (Wildman–Crippen MR) is 125 cm³/mol. The van der Waals surface area contributed by atoms with E-state index in [1.807, 2.05) is 41.3 Å². The Morgan fingerprint density at radius 3 is 2.65 bits per heavy atom. The van der Waals surface area contributed by atoms with E-state index in [4.69, 9.17) is 9.97 Å². The van der Waals surface area contributed by atoms with Crippen LogP contribution in [0.25, 0.3) is 38.9 Å². The van der Waals surface area contributed by atoms with Crippen LogP contribution in [0.2, 0.25) is 0 Å². The summed E-state index contributed by atoms with van der Waals surface area (Å²) >= 11 is 0. The maximum absolute atomic E-state index is 4.98. The van der Waals surface area contributed by atoms with Gasteiger partial charge in [-0.1, -0.05) is 42.5 Å². The zero-order valence-corrected chi connectivity index (χ0v) is 17.4. The van der Waals surface area contributed by atoms with Gasteiger partial charge in [0.1, 0.15) is 11.8 Å². The second kappa shape index (κ2) is 7.20. The quantitative estimate of drug-likeness (QED) is 0.405. The molecule has 5 nitrogen and oxygen atoms in total. The van der Waals surface area contributed by atoms with Crippen molar-refractivity contribution in [1.82, 2.24) is 19.4 Å². The molecule has 5 aromatic rings. The van der Waals surface area contributed by atoms with Crippen LogP contribution >= 0.6 is 0 Å². The smallest absolute Gasteiger partial charge is 0.152 e. The minimum Gasteiger partial charge on any atom is -0.366 e. The fourth-order valence-electron chi connectivity index (χ4n) is 4.32. The highest BCUT2D eigenvalue weighted by Gasteiger charge is 2.20. The Balaban J connectivity index is 1.49. The van der Waals surface area contributed by atoms with Crippen molar-refractivity contribution in [2.45, 2.75) is 32.2 Å². The van der Waals surface area contributed by atoms with Gasteiger partial charge in [0, 0.05) is 34.9 Å². The first-order valence-electron chi connectivity index (χ1n) is 10.8. The molecule has 0 atom stereocenters. The van der Waals surface area contributed by atoms with Crippen LogP contribution in [-0.2, 0) is 0 Å². The van der Waals surface area contributed by atoms with E-state index in [1.54, 1.807) is 0 Å². The summed E-state index contributed by atoms with van der Waals surface area (Å²) < 4.78 is 2.05. The summed E-state index contributed by atoms with van der Waals surface area (Å²) in [5.74, 6) is 0.905. The maximum atomic E-state index is 4.98. The normalized spacial score (nSPS) is 14.1. The molecular formula is C26H23N5. The number of fused-ring (bicyclic) bond motifs is 2. The molecule has 0 spiro atoms. The first-order chi connectivity index (χ1) is 15.3. The number of anilines is 1. The van der Waals surface area contributed by atoms with Gasteiger partial charge in [-0.15, -0.1) is 0 Å². The Hall–Kier alpha value is -3.73. The second-order valence-electron chi connectivity index (χ2n) is 8.32.